The van der Waals surface area contributed by atoms with E-state index in [1.165, 1.54) is 24.0 Å². The number of carbonyl (C=O) groups excluding carboxylic acids is 4. The fraction of sp³-hybridized carbons (Fsp3) is 0.478. The Labute approximate surface area is 206 Å². The summed E-state index contributed by atoms with van der Waals surface area (Å²) in [4.78, 5) is 63.4. The van der Waals surface area contributed by atoms with Gasteiger partial charge in [0.1, 0.15) is 5.70 Å². The highest BCUT2D eigenvalue weighted by atomic mass is 16.6. The van der Waals surface area contributed by atoms with Crippen molar-refractivity contribution in [2.24, 2.45) is 17.6 Å². The quantitative estimate of drug-likeness (QED) is 0.154. The summed E-state index contributed by atoms with van der Waals surface area (Å²) in [7, 11) is 0. The lowest BCUT2D eigenvalue weighted by molar-refractivity contribution is -0.384. The number of nitrogens with one attached hydrogen (secondary N) is 1. The number of primary amides is 1. The number of fused-ring (bicyclic) bond motifs is 1. The van der Waals surface area contributed by atoms with E-state index in [0.717, 1.165) is 12.1 Å². The molecule has 0 radical (unpaired) electrons. The number of nitro benzene ring substituents is 1. The van der Waals surface area contributed by atoms with Crippen molar-refractivity contribution in [3.05, 3.63) is 51.2 Å². The number of carbonyl (C=O) groups is 4. The number of nitrogens with zero attached hydrogens (tertiary/aromatic N) is 3. The standard InChI is InChI=1S/C23H27N5O8/c1-11-16(10-26-8-7-14(9-26)25-23(24)33)19(27-18(11)17(12(2)29)20(27)30)22(32)36-21(31)13-3-5-15(6-4-13)28(34)35/h3-6,11-12,14,17-18,29H,7-10H2,1-2H3,(H3,24,25,33)/t11-,12+,14-,17+,18+/m0/s1. The van der Waals surface area contributed by atoms with Crippen LogP contribution in [0.1, 0.15) is 30.6 Å². The molecular formula is C23H27N5O8. The molecule has 4 N–H and O–H groups in total. The molecule has 0 aliphatic carbocycles. The van der Waals surface area contributed by atoms with Gasteiger partial charge in [0.15, 0.2) is 0 Å². The second kappa shape index (κ2) is 9.66. The molecule has 0 saturated carbocycles. The molecule has 0 unspecified atom stereocenters. The van der Waals surface area contributed by atoms with E-state index in [1.54, 1.807) is 0 Å². The average Bonchev–Trinajstić information content (AvgIpc) is 3.33. The van der Waals surface area contributed by atoms with Gasteiger partial charge in [0.05, 0.1) is 28.6 Å². The van der Waals surface area contributed by atoms with Crippen LogP contribution in [-0.2, 0) is 14.3 Å². The second-order valence-electron chi connectivity index (χ2n) is 9.34. The van der Waals surface area contributed by atoms with Gasteiger partial charge in [0.2, 0.25) is 5.91 Å². The third kappa shape index (κ3) is 4.54. The maximum Gasteiger partial charge on any atom is 0.362 e. The first-order valence-electron chi connectivity index (χ1n) is 11.5. The van der Waals surface area contributed by atoms with Gasteiger partial charge in [-0.2, -0.15) is 0 Å². The molecule has 0 aromatic heterocycles. The third-order valence-corrected chi connectivity index (χ3v) is 7.02. The first kappa shape index (κ1) is 25.3. The Hall–Kier alpha value is -3.84. The number of aliphatic hydroxyl groups is 1. The number of ether oxygens (including phenoxy) is 1. The second-order valence-corrected chi connectivity index (χ2v) is 9.34. The van der Waals surface area contributed by atoms with Crippen molar-refractivity contribution in [3.8, 4) is 0 Å². The van der Waals surface area contributed by atoms with Crippen LogP contribution >= 0.6 is 0 Å². The summed E-state index contributed by atoms with van der Waals surface area (Å²) in [6.45, 7) is 4.76. The molecule has 13 heteroatoms. The smallest absolute Gasteiger partial charge is 0.362 e. The van der Waals surface area contributed by atoms with Gasteiger partial charge in [0, 0.05) is 43.7 Å². The Balaban J connectivity index is 1.57. The van der Waals surface area contributed by atoms with Gasteiger partial charge < -0.3 is 25.8 Å². The van der Waals surface area contributed by atoms with Crippen molar-refractivity contribution in [1.82, 2.24) is 15.1 Å². The van der Waals surface area contributed by atoms with Gasteiger partial charge in [-0.05, 0) is 31.1 Å². The molecule has 0 spiro atoms. The van der Waals surface area contributed by atoms with Crippen LogP contribution in [0.15, 0.2) is 35.5 Å². The van der Waals surface area contributed by atoms with E-state index in [9.17, 15) is 34.4 Å². The molecular weight excluding hydrogens is 474 g/mol. The summed E-state index contributed by atoms with van der Waals surface area (Å²) in [5.41, 5.74) is 5.50. The number of benzene rings is 1. The number of aliphatic hydroxyl groups excluding tert-OH is 1. The highest BCUT2D eigenvalue weighted by Gasteiger charge is 2.60. The molecule has 13 nitrogen and oxygen atoms in total. The minimum Gasteiger partial charge on any atom is -0.393 e. The van der Waals surface area contributed by atoms with Crippen molar-refractivity contribution in [3.63, 3.8) is 0 Å². The number of amides is 3. The number of nitrogens with two attached hydrogens (primary N) is 1. The van der Waals surface area contributed by atoms with E-state index in [0.29, 0.717) is 31.6 Å². The normalized spacial score (nSPS) is 26.3. The van der Waals surface area contributed by atoms with Gasteiger partial charge >= 0.3 is 18.0 Å². The van der Waals surface area contributed by atoms with Crippen LogP contribution in [0.2, 0.25) is 0 Å². The van der Waals surface area contributed by atoms with Crippen molar-refractivity contribution in [2.45, 2.75) is 38.5 Å². The van der Waals surface area contributed by atoms with Crippen LogP contribution < -0.4 is 11.1 Å². The lowest BCUT2D eigenvalue weighted by Gasteiger charge is -2.46. The molecule has 2 fully saturated rings. The minimum absolute atomic E-state index is 0.0315. The van der Waals surface area contributed by atoms with Crippen LogP contribution in [-0.4, -0.2) is 81.5 Å². The van der Waals surface area contributed by atoms with E-state index >= 15 is 0 Å². The molecule has 0 bridgehead atoms. The molecule has 192 valence electrons. The predicted molar refractivity (Wildman–Crippen MR) is 123 cm³/mol. The van der Waals surface area contributed by atoms with Gasteiger partial charge in [-0.15, -0.1) is 0 Å². The molecule has 1 aromatic carbocycles. The highest BCUT2D eigenvalue weighted by Crippen LogP contribution is 2.47. The van der Waals surface area contributed by atoms with Crippen LogP contribution in [0.4, 0.5) is 10.5 Å². The van der Waals surface area contributed by atoms with Crippen LogP contribution in [0.25, 0.3) is 0 Å². The first-order chi connectivity index (χ1) is 17.0. The van der Waals surface area contributed by atoms with Crippen LogP contribution in [0.5, 0.6) is 0 Å². The van der Waals surface area contributed by atoms with Crippen molar-refractivity contribution < 1.29 is 33.9 Å². The van der Waals surface area contributed by atoms with Crippen LogP contribution in [0, 0.1) is 22.0 Å². The SMILES string of the molecule is C[C@@H](O)[C@H]1C(=O)N2C(C(=O)OC(=O)c3ccc([N+](=O)[O-])cc3)=C(CN3CC[C@H](NC(N)=O)C3)[C@H](C)[C@H]12. The van der Waals surface area contributed by atoms with Crippen molar-refractivity contribution >= 4 is 29.6 Å². The van der Waals surface area contributed by atoms with E-state index in [2.05, 4.69) is 5.32 Å². The molecule has 3 aliphatic heterocycles. The zero-order chi connectivity index (χ0) is 26.3. The summed E-state index contributed by atoms with van der Waals surface area (Å²) in [6, 6.07) is 3.37. The van der Waals surface area contributed by atoms with Gasteiger partial charge in [0.25, 0.3) is 5.69 Å². The fourth-order valence-electron chi connectivity index (χ4n) is 5.29. The summed E-state index contributed by atoms with van der Waals surface area (Å²) in [6.07, 6.45) is -0.263. The monoisotopic (exact) mass is 501 g/mol. The molecule has 5 atom stereocenters. The van der Waals surface area contributed by atoms with Gasteiger partial charge in [-0.3, -0.25) is 19.8 Å². The summed E-state index contributed by atoms with van der Waals surface area (Å²) in [5, 5.41) is 23.6. The van der Waals surface area contributed by atoms with Crippen LogP contribution in [0.3, 0.4) is 0 Å². The molecule has 3 heterocycles. The number of likely N-dealkylation sites (tertiary alicyclic amines) is 1. The number of nitro groups is 1. The lowest BCUT2D eigenvalue weighted by Crippen LogP contribution is -2.63. The minimum atomic E-state index is -1.01. The van der Waals surface area contributed by atoms with E-state index in [4.69, 9.17) is 10.5 Å². The summed E-state index contributed by atoms with van der Waals surface area (Å²) in [5.74, 6) is -3.42. The van der Waals surface area contributed by atoms with E-state index < -0.39 is 46.9 Å². The molecule has 3 aliphatic rings. The van der Waals surface area contributed by atoms with Crippen molar-refractivity contribution in [1.29, 1.82) is 0 Å². The summed E-state index contributed by atoms with van der Waals surface area (Å²) >= 11 is 0. The maximum absolute atomic E-state index is 13.2. The molecule has 4 rings (SSSR count). The number of hydrogen-bond donors (Lipinski definition) is 3. The summed E-state index contributed by atoms with van der Waals surface area (Å²) < 4.78 is 5.08. The largest absolute Gasteiger partial charge is 0.393 e. The zero-order valence-electron chi connectivity index (χ0n) is 19.7. The van der Waals surface area contributed by atoms with E-state index in [-0.39, 0.29) is 28.9 Å². The topological polar surface area (TPSA) is 185 Å². The number of β-lactam (4-membered cyclic amide) rings is 1. The molecule has 1 aromatic rings. The Morgan fingerprint density at radius 2 is 1.94 bits per heavy atom. The maximum atomic E-state index is 13.2. The number of rotatable bonds is 7. The number of hydrogen-bond acceptors (Lipinski definition) is 9. The third-order valence-electron chi connectivity index (χ3n) is 7.02. The Morgan fingerprint density at radius 1 is 1.28 bits per heavy atom. The number of urea groups is 1. The molecule has 3 amide bonds. The van der Waals surface area contributed by atoms with Gasteiger partial charge in [-0.25, -0.2) is 14.4 Å². The average molecular weight is 501 g/mol. The van der Waals surface area contributed by atoms with Gasteiger partial charge in [-0.1, -0.05) is 6.92 Å². The first-order valence-corrected chi connectivity index (χ1v) is 11.5. The molecule has 2 saturated heterocycles. The highest BCUT2D eigenvalue weighted by molar-refractivity contribution is 6.06. The van der Waals surface area contributed by atoms with Crippen molar-refractivity contribution in [2.75, 3.05) is 19.6 Å². The Bertz CT molecular complexity index is 1150. The number of esters is 2. The Morgan fingerprint density at radius 3 is 2.53 bits per heavy atom. The Kier molecular flexibility index (Phi) is 6.78. The lowest BCUT2D eigenvalue weighted by atomic mass is 9.77. The van der Waals surface area contributed by atoms with E-state index in [1.807, 2.05) is 11.8 Å². The molecule has 36 heavy (non-hydrogen) atoms. The zero-order valence-corrected chi connectivity index (χ0v) is 19.7. The fourth-order valence-corrected chi connectivity index (χ4v) is 5.29. The predicted octanol–water partition coefficient (Wildman–Crippen LogP) is 0.132. The number of non-ortho nitro benzene ring substituents is 1.